The van der Waals surface area contributed by atoms with E-state index in [0.29, 0.717) is 33.6 Å². The summed E-state index contributed by atoms with van der Waals surface area (Å²) in [5.41, 5.74) is 3.32. The van der Waals surface area contributed by atoms with Crippen LogP contribution in [0.5, 0.6) is 0 Å². The highest BCUT2D eigenvalue weighted by Crippen LogP contribution is 2.24. The lowest BCUT2D eigenvalue weighted by Crippen LogP contribution is -2.24. The van der Waals surface area contributed by atoms with Crippen molar-refractivity contribution in [1.29, 1.82) is 0 Å². The Bertz CT molecular complexity index is 1150. The number of benzene rings is 2. The normalized spacial score (nSPS) is 11.4. The summed E-state index contributed by atoms with van der Waals surface area (Å²) in [7, 11) is -3.74. The lowest BCUT2D eigenvalue weighted by Gasteiger charge is -2.09. The molecule has 1 N–H and O–H groups in total. The Hall–Kier alpha value is -2.64. The first-order chi connectivity index (χ1) is 13.6. The molecule has 0 radical (unpaired) electrons. The Labute approximate surface area is 174 Å². The van der Waals surface area contributed by atoms with Crippen molar-refractivity contribution in [2.24, 2.45) is 0 Å². The topological polar surface area (TPSA) is 89.3 Å². The second kappa shape index (κ2) is 8.39. The smallest absolute Gasteiger partial charge is 0.239 e. The van der Waals surface area contributed by atoms with Crippen molar-refractivity contribution in [3.63, 3.8) is 0 Å². The molecule has 0 unspecified atom stereocenters. The molecule has 8 heteroatoms. The van der Waals surface area contributed by atoms with Crippen molar-refractivity contribution >= 4 is 33.0 Å². The van der Waals surface area contributed by atoms with E-state index in [1.807, 2.05) is 31.2 Å². The average molecular weight is 433 g/mol. The van der Waals surface area contributed by atoms with Gasteiger partial charge in [-0.2, -0.15) is 0 Å². The first-order valence-corrected chi connectivity index (χ1v) is 11.1. The number of hydrogen-bond donors (Lipinski definition) is 1. The zero-order valence-electron chi connectivity index (χ0n) is 16.3. The van der Waals surface area contributed by atoms with Crippen molar-refractivity contribution in [1.82, 2.24) is 4.98 Å². The number of oxazole rings is 1. The van der Waals surface area contributed by atoms with Gasteiger partial charge in [-0.05, 0) is 50.6 Å². The summed E-state index contributed by atoms with van der Waals surface area (Å²) >= 11 is 6.03. The van der Waals surface area contributed by atoms with Gasteiger partial charge in [0, 0.05) is 16.3 Å². The number of hydrogen-bond acceptors (Lipinski definition) is 5. The van der Waals surface area contributed by atoms with Crippen molar-refractivity contribution in [3.05, 3.63) is 70.1 Å². The van der Waals surface area contributed by atoms with Crippen LogP contribution in [0.2, 0.25) is 5.02 Å². The predicted molar refractivity (Wildman–Crippen MR) is 114 cm³/mol. The van der Waals surface area contributed by atoms with Crippen LogP contribution in [0, 0.1) is 20.8 Å². The lowest BCUT2D eigenvalue weighted by molar-refractivity contribution is -0.113. The third-order valence-corrected chi connectivity index (χ3v) is 6.27. The fourth-order valence-electron chi connectivity index (χ4n) is 2.77. The van der Waals surface area contributed by atoms with Crippen molar-refractivity contribution in [3.8, 4) is 11.5 Å². The molecule has 0 atom stereocenters. The number of amides is 1. The van der Waals surface area contributed by atoms with E-state index in [9.17, 15) is 13.2 Å². The van der Waals surface area contributed by atoms with Crippen LogP contribution >= 0.6 is 11.6 Å². The second-order valence-corrected chi connectivity index (χ2v) is 9.35. The highest BCUT2D eigenvalue weighted by atomic mass is 35.5. The van der Waals surface area contributed by atoms with Gasteiger partial charge in [0.2, 0.25) is 11.8 Å². The minimum absolute atomic E-state index is 0.298. The molecule has 3 rings (SSSR count). The van der Waals surface area contributed by atoms with Gasteiger partial charge in [-0.25, -0.2) is 13.4 Å². The summed E-state index contributed by atoms with van der Waals surface area (Å²) in [6.45, 7) is 5.38. The molecule has 3 aromatic rings. The Morgan fingerprint density at radius 2 is 1.79 bits per heavy atom. The van der Waals surface area contributed by atoms with Crippen LogP contribution in [0.4, 0.5) is 5.69 Å². The number of nitrogens with one attached hydrogen (secondary N) is 1. The Morgan fingerprint density at radius 3 is 2.48 bits per heavy atom. The van der Waals surface area contributed by atoms with Gasteiger partial charge in [-0.3, -0.25) is 4.79 Å². The molecular weight excluding hydrogens is 412 g/mol. The number of aromatic nitrogens is 1. The first-order valence-electron chi connectivity index (χ1n) is 8.93. The van der Waals surface area contributed by atoms with Gasteiger partial charge in [0.15, 0.2) is 9.84 Å². The average Bonchev–Trinajstić information content (AvgIpc) is 2.99. The number of carbonyl (C=O) groups excluding carboxylic acids is 1. The molecule has 29 heavy (non-hydrogen) atoms. The largest absolute Gasteiger partial charge is 0.441 e. The zero-order chi connectivity index (χ0) is 21.2. The molecule has 0 spiro atoms. The number of anilines is 1. The Kier molecular flexibility index (Phi) is 6.10. The fourth-order valence-corrected chi connectivity index (χ4v) is 4.20. The highest BCUT2D eigenvalue weighted by molar-refractivity contribution is 7.91. The van der Waals surface area contributed by atoms with Crippen molar-refractivity contribution in [2.75, 3.05) is 11.1 Å². The maximum atomic E-state index is 12.5. The molecule has 0 saturated heterocycles. The van der Waals surface area contributed by atoms with E-state index in [-0.39, 0.29) is 5.75 Å². The van der Waals surface area contributed by atoms with Crippen LogP contribution in [-0.2, 0) is 20.4 Å². The molecule has 6 nitrogen and oxygen atoms in total. The molecule has 0 aliphatic heterocycles. The highest BCUT2D eigenvalue weighted by Gasteiger charge is 2.22. The van der Waals surface area contributed by atoms with Crippen LogP contribution in [0.25, 0.3) is 11.5 Å². The summed E-state index contributed by atoms with van der Waals surface area (Å²) in [5.74, 6) is -0.904. The van der Waals surface area contributed by atoms with Crippen LogP contribution in [0.15, 0.2) is 46.9 Å². The van der Waals surface area contributed by atoms with Crippen LogP contribution in [-0.4, -0.2) is 25.1 Å². The fraction of sp³-hybridized carbons (Fsp3) is 0.238. The summed E-state index contributed by atoms with van der Waals surface area (Å²) in [6, 6.07) is 12.6. The van der Waals surface area contributed by atoms with Gasteiger partial charge in [-0.1, -0.05) is 35.4 Å². The molecule has 0 aliphatic rings. The molecule has 0 saturated carbocycles. The van der Waals surface area contributed by atoms with Crippen LogP contribution in [0.3, 0.4) is 0 Å². The van der Waals surface area contributed by atoms with Gasteiger partial charge >= 0.3 is 0 Å². The summed E-state index contributed by atoms with van der Waals surface area (Å²) in [6.07, 6.45) is 0. The number of nitrogens with zero attached hydrogens (tertiary/aromatic N) is 1. The predicted octanol–water partition coefficient (Wildman–Crippen LogP) is 4.47. The second-order valence-electron chi connectivity index (χ2n) is 6.88. The van der Waals surface area contributed by atoms with Crippen LogP contribution < -0.4 is 5.32 Å². The van der Waals surface area contributed by atoms with Crippen molar-refractivity contribution < 1.29 is 17.6 Å². The standard InChI is InChI=1S/C21H21ClN2O4S/c1-13-7-9-16(10-8-13)21-24-19(15(3)28-21)11-29(26,27)12-20(25)23-18-6-4-5-17(22)14(18)2/h4-10H,11-12H2,1-3H3,(H,23,25). The Balaban J connectivity index is 1.71. The van der Waals surface area contributed by atoms with E-state index < -0.39 is 21.5 Å². The summed E-state index contributed by atoms with van der Waals surface area (Å²) < 4.78 is 30.7. The number of rotatable bonds is 6. The van der Waals surface area contributed by atoms with Gasteiger partial charge in [-0.15, -0.1) is 0 Å². The van der Waals surface area contributed by atoms with E-state index >= 15 is 0 Å². The third kappa shape index (κ3) is 5.25. The van der Waals surface area contributed by atoms with Crippen molar-refractivity contribution in [2.45, 2.75) is 26.5 Å². The molecule has 1 aromatic heterocycles. The van der Waals surface area contributed by atoms with Gasteiger partial charge in [0.1, 0.15) is 11.5 Å². The van der Waals surface area contributed by atoms with Crippen LogP contribution in [0.1, 0.15) is 22.6 Å². The van der Waals surface area contributed by atoms with Gasteiger partial charge in [0.25, 0.3) is 0 Å². The van der Waals surface area contributed by atoms with E-state index in [4.69, 9.17) is 16.0 Å². The summed E-state index contributed by atoms with van der Waals surface area (Å²) in [4.78, 5) is 16.6. The number of halogens is 1. The molecule has 152 valence electrons. The van der Waals surface area contributed by atoms with E-state index in [1.165, 1.54) is 0 Å². The van der Waals surface area contributed by atoms with Gasteiger partial charge < -0.3 is 9.73 Å². The number of sulfone groups is 1. The minimum atomic E-state index is -3.74. The maximum Gasteiger partial charge on any atom is 0.239 e. The van der Waals surface area contributed by atoms with E-state index in [1.54, 1.807) is 32.0 Å². The monoisotopic (exact) mass is 432 g/mol. The first kappa shape index (κ1) is 21.1. The number of aryl methyl sites for hydroxylation is 2. The van der Waals surface area contributed by atoms with E-state index in [0.717, 1.165) is 11.1 Å². The Morgan fingerprint density at radius 1 is 1.10 bits per heavy atom. The maximum absolute atomic E-state index is 12.5. The van der Waals surface area contributed by atoms with E-state index in [2.05, 4.69) is 10.3 Å². The number of carbonyl (C=O) groups is 1. The third-order valence-electron chi connectivity index (χ3n) is 4.44. The molecule has 1 amide bonds. The zero-order valence-corrected chi connectivity index (χ0v) is 17.9. The minimum Gasteiger partial charge on any atom is -0.441 e. The molecule has 1 heterocycles. The lowest BCUT2D eigenvalue weighted by atomic mass is 10.1. The quantitative estimate of drug-likeness (QED) is 0.620. The SMILES string of the molecule is Cc1ccc(-c2nc(CS(=O)(=O)CC(=O)Nc3cccc(Cl)c3C)c(C)o2)cc1. The molecular formula is C21H21ClN2O4S. The molecule has 0 fully saturated rings. The summed E-state index contributed by atoms with van der Waals surface area (Å²) in [5, 5.41) is 3.09. The molecule has 0 bridgehead atoms. The molecule has 0 aliphatic carbocycles. The molecule has 2 aromatic carbocycles. The van der Waals surface area contributed by atoms with Gasteiger partial charge in [0.05, 0.1) is 11.4 Å².